The summed E-state index contributed by atoms with van der Waals surface area (Å²) in [6.45, 7) is 8.68. The van der Waals surface area contributed by atoms with Gasteiger partial charge in [-0.05, 0) is 25.0 Å². The fourth-order valence-electron chi connectivity index (χ4n) is 6.78. The molecule has 0 spiro atoms. The largest absolute Gasteiger partial charge is 0.223 e. The van der Waals surface area contributed by atoms with Gasteiger partial charge in [0, 0.05) is 0 Å². The first kappa shape index (κ1) is 40.9. The molecule has 0 bridgehead atoms. The van der Waals surface area contributed by atoms with E-state index in [4.69, 9.17) is 0 Å². The van der Waals surface area contributed by atoms with E-state index in [0.29, 0.717) is 17.7 Å². The summed E-state index contributed by atoms with van der Waals surface area (Å²) >= 11 is 0. The Morgan fingerprint density at radius 2 is 0.750 bits per heavy atom. The molecule has 256 valence electrons. The van der Waals surface area contributed by atoms with E-state index in [1.807, 2.05) is 18.2 Å². The molecule has 0 aromatic heterocycles. The highest BCUT2D eigenvalue weighted by Gasteiger charge is 2.40. The lowest BCUT2D eigenvalue weighted by molar-refractivity contribution is 0.458. The molecule has 0 fully saturated rings. The summed E-state index contributed by atoms with van der Waals surface area (Å²) in [5.41, 5.74) is 0. The molecule has 0 radical (unpaired) electrons. The Kier molecular flexibility index (Phi) is 26.2. The molecule has 3 heteroatoms. The van der Waals surface area contributed by atoms with E-state index in [2.05, 4.69) is 20.4 Å². The first-order valence-electron chi connectivity index (χ1n) is 19.5. The van der Waals surface area contributed by atoms with Gasteiger partial charge in [0.1, 0.15) is 0 Å². The quantitative estimate of drug-likeness (QED) is 0.0572. The van der Waals surface area contributed by atoms with Crippen molar-refractivity contribution in [2.75, 3.05) is 0 Å². The number of sulfone groups is 1. The van der Waals surface area contributed by atoms with Gasteiger partial charge in [-0.1, -0.05) is 218 Å². The normalized spacial score (nSPS) is 12.1. The number of unbranched alkanes of at least 4 members (excludes halogenated alkanes) is 26. The van der Waals surface area contributed by atoms with Gasteiger partial charge in [0.2, 0.25) is 0 Å². The van der Waals surface area contributed by atoms with Gasteiger partial charge in [-0.25, -0.2) is 8.42 Å². The number of hydrogen-bond acceptors (Lipinski definition) is 2. The second kappa shape index (κ2) is 28.2. The molecule has 0 amide bonds. The van der Waals surface area contributed by atoms with E-state index >= 15 is 0 Å². The number of benzene rings is 1. The highest BCUT2D eigenvalue weighted by molar-refractivity contribution is 7.93. The molecule has 2 nitrogen and oxygen atoms in total. The van der Waals surface area contributed by atoms with Crippen molar-refractivity contribution in [2.24, 2.45) is 0 Å². The Morgan fingerprint density at radius 1 is 0.477 bits per heavy atom. The minimum atomic E-state index is -3.47. The molecule has 0 saturated carbocycles. The van der Waals surface area contributed by atoms with Crippen LogP contribution in [0.15, 0.2) is 47.9 Å². The van der Waals surface area contributed by atoms with Gasteiger partial charge in [-0.2, -0.15) is 0 Å². The zero-order valence-corrected chi connectivity index (χ0v) is 30.4. The Labute approximate surface area is 276 Å². The summed E-state index contributed by atoms with van der Waals surface area (Å²) in [5, 5.41) is 0. The van der Waals surface area contributed by atoms with Crippen molar-refractivity contribution >= 4 is 9.84 Å². The second-order valence-electron chi connectivity index (χ2n) is 13.8. The molecule has 1 aromatic carbocycles. The maximum absolute atomic E-state index is 13.9. The molecule has 0 aliphatic carbocycles. The van der Waals surface area contributed by atoms with Crippen LogP contribution in [-0.2, 0) is 9.84 Å². The van der Waals surface area contributed by atoms with Crippen LogP contribution in [0.3, 0.4) is 0 Å². The van der Waals surface area contributed by atoms with Crippen molar-refractivity contribution in [1.29, 1.82) is 0 Å². The first-order valence-corrected chi connectivity index (χ1v) is 21.0. The number of hydrogen-bond donors (Lipinski definition) is 0. The van der Waals surface area contributed by atoms with Crippen LogP contribution >= 0.6 is 0 Å². The van der Waals surface area contributed by atoms with Gasteiger partial charge in [0.15, 0.2) is 9.84 Å². The third-order valence-corrected chi connectivity index (χ3v) is 12.4. The number of rotatable bonds is 33. The average Bonchev–Trinajstić information content (AvgIpc) is 3.04. The second-order valence-corrected chi connectivity index (χ2v) is 16.1. The monoisotopic (exact) mass is 631 g/mol. The Balaban J connectivity index is 2.35. The van der Waals surface area contributed by atoms with Crippen molar-refractivity contribution < 1.29 is 8.42 Å². The van der Waals surface area contributed by atoms with E-state index in [1.165, 1.54) is 154 Å². The summed E-state index contributed by atoms with van der Waals surface area (Å²) in [6.07, 6.45) is 40.0. The predicted octanol–water partition coefficient (Wildman–Crippen LogP) is 14.1. The zero-order valence-electron chi connectivity index (χ0n) is 29.6. The van der Waals surface area contributed by atoms with Crippen LogP contribution in [0.25, 0.3) is 0 Å². The molecule has 1 rings (SSSR count). The third-order valence-electron chi connectivity index (χ3n) is 9.87. The first-order chi connectivity index (χ1) is 21.5. The van der Waals surface area contributed by atoms with E-state index in [-0.39, 0.29) is 0 Å². The minimum absolute atomic E-state index is 0.454. The minimum Gasteiger partial charge on any atom is -0.223 e. The molecule has 0 saturated heterocycles. The van der Waals surface area contributed by atoms with Crippen molar-refractivity contribution in [3.05, 3.63) is 43.0 Å². The van der Waals surface area contributed by atoms with Crippen molar-refractivity contribution in [3.8, 4) is 0 Å². The SMILES string of the molecule is C=CC(CCCCCCCCCCCCCCCC)(CCCCCCCCCCCCCCCC)S(=O)(=O)c1ccccc1. The highest BCUT2D eigenvalue weighted by Crippen LogP contribution is 2.37. The molecular weight excluding hydrogens is 557 g/mol. The van der Waals surface area contributed by atoms with E-state index in [9.17, 15) is 8.42 Å². The van der Waals surface area contributed by atoms with Crippen LogP contribution in [0.1, 0.15) is 206 Å². The van der Waals surface area contributed by atoms with Crippen LogP contribution in [0.4, 0.5) is 0 Å². The summed E-state index contributed by atoms with van der Waals surface area (Å²) in [5.74, 6) is 0. The average molecular weight is 631 g/mol. The predicted molar refractivity (Wildman–Crippen MR) is 196 cm³/mol. The maximum Gasteiger partial charge on any atom is 0.187 e. The lowest BCUT2D eigenvalue weighted by atomic mass is 9.93. The lowest BCUT2D eigenvalue weighted by Crippen LogP contribution is -2.36. The van der Waals surface area contributed by atoms with Crippen LogP contribution in [-0.4, -0.2) is 13.2 Å². The van der Waals surface area contributed by atoms with Gasteiger partial charge in [-0.15, -0.1) is 6.58 Å². The molecule has 0 atom stereocenters. The van der Waals surface area contributed by atoms with Crippen LogP contribution in [0, 0.1) is 0 Å². The van der Waals surface area contributed by atoms with Gasteiger partial charge in [0.05, 0.1) is 9.64 Å². The molecule has 44 heavy (non-hydrogen) atoms. The van der Waals surface area contributed by atoms with Crippen molar-refractivity contribution in [1.82, 2.24) is 0 Å². The summed E-state index contributed by atoms with van der Waals surface area (Å²) in [6, 6.07) is 9.13. The van der Waals surface area contributed by atoms with E-state index in [1.54, 1.807) is 18.2 Å². The summed E-state index contributed by atoms with van der Waals surface area (Å²) < 4.78 is 27.0. The van der Waals surface area contributed by atoms with Crippen LogP contribution < -0.4 is 0 Å². The molecular formula is C41H74O2S. The van der Waals surface area contributed by atoms with E-state index < -0.39 is 14.6 Å². The fourth-order valence-corrected chi connectivity index (χ4v) is 8.81. The summed E-state index contributed by atoms with van der Waals surface area (Å²) in [7, 11) is -3.47. The maximum atomic E-state index is 13.9. The molecule has 0 N–H and O–H groups in total. The standard InChI is InChI=1S/C41H74O2S/c1-4-7-9-11-13-15-17-19-21-23-25-27-29-34-38-41(6-3,44(42,43)40-36-32-31-33-37-40)39-35-30-28-26-24-22-20-18-16-14-12-10-8-5-2/h6,31-33,36-37H,3-5,7-30,34-35,38-39H2,1-2H3. The summed E-state index contributed by atoms with van der Waals surface area (Å²) in [4.78, 5) is 0.454. The van der Waals surface area contributed by atoms with Crippen molar-refractivity contribution in [3.63, 3.8) is 0 Å². The van der Waals surface area contributed by atoms with Crippen LogP contribution in [0.2, 0.25) is 0 Å². The highest BCUT2D eigenvalue weighted by atomic mass is 32.2. The fraction of sp³-hybridized carbons (Fsp3) is 0.805. The lowest BCUT2D eigenvalue weighted by Gasteiger charge is -2.31. The van der Waals surface area contributed by atoms with Gasteiger partial charge in [-0.3, -0.25) is 0 Å². The van der Waals surface area contributed by atoms with Crippen molar-refractivity contribution in [2.45, 2.75) is 216 Å². The van der Waals surface area contributed by atoms with Gasteiger partial charge < -0.3 is 0 Å². The topological polar surface area (TPSA) is 34.1 Å². The molecule has 0 aliphatic heterocycles. The Hall–Kier alpha value is -1.09. The van der Waals surface area contributed by atoms with Gasteiger partial charge >= 0.3 is 0 Å². The molecule has 0 heterocycles. The van der Waals surface area contributed by atoms with Crippen LogP contribution in [0.5, 0.6) is 0 Å². The smallest absolute Gasteiger partial charge is 0.187 e. The molecule has 0 unspecified atom stereocenters. The van der Waals surface area contributed by atoms with E-state index in [0.717, 1.165) is 25.7 Å². The third kappa shape index (κ3) is 18.8. The molecule has 0 aliphatic rings. The molecule has 1 aromatic rings. The zero-order chi connectivity index (χ0) is 32.0. The Morgan fingerprint density at radius 3 is 1.02 bits per heavy atom. The Bertz CT molecular complexity index is 828. The van der Waals surface area contributed by atoms with Gasteiger partial charge in [0.25, 0.3) is 0 Å².